The Morgan fingerprint density at radius 1 is 1.15 bits per heavy atom. The maximum atomic E-state index is 12.6. The van der Waals surface area contributed by atoms with Crippen LogP contribution in [0.25, 0.3) is 5.69 Å². The van der Waals surface area contributed by atoms with Gasteiger partial charge in [0.1, 0.15) is 0 Å². The van der Waals surface area contributed by atoms with Crippen LogP contribution in [0.5, 0.6) is 0 Å². The summed E-state index contributed by atoms with van der Waals surface area (Å²) in [4.78, 5) is 24.4. The van der Waals surface area contributed by atoms with E-state index in [1.807, 2.05) is 30.3 Å². The summed E-state index contributed by atoms with van der Waals surface area (Å²) in [6.45, 7) is 5.73. The first-order valence-corrected chi connectivity index (χ1v) is 8.38. The number of azo groups is 1. The molecule has 0 unspecified atom stereocenters. The fourth-order valence-electron chi connectivity index (χ4n) is 2.47. The van der Waals surface area contributed by atoms with E-state index in [4.69, 9.17) is 0 Å². The SMILES string of the molecule is C=CCNC(=O)c1ccc(N=Nc2c(C)[nH]n(-c3ccccc3)c2=O)cc1. The lowest BCUT2D eigenvalue weighted by molar-refractivity contribution is 0.0958. The molecule has 0 aliphatic rings. The number of aryl methyl sites for hydroxylation is 1. The predicted molar refractivity (Wildman–Crippen MR) is 104 cm³/mol. The second-order valence-corrected chi connectivity index (χ2v) is 5.81. The van der Waals surface area contributed by atoms with E-state index in [1.54, 1.807) is 37.3 Å². The van der Waals surface area contributed by atoms with Crippen molar-refractivity contribution in [3.05, 3.63) is 88.9 Å². The number of carbonyl (C=O) groups is 1. The molecule has 0 atom stereocenters. The highest BCUT2D eigenvalue weighted by Crippen LogP contribution is 2.19. The van der Waals surface area contributed by atoms with Crippen molar-refractivity contribution in [2.24, 2.45) is 10.2 Å². The van der Waals surface area contributed by atoms with Gasteiger partial charge in [0.15, 0.2) is 5.69 Å². The molecule has 0 saturated carbocycles. The Hall–Kier alpha value is -3.74. The molecule has 0 radical (unpaired) electrons. The van der Waals surface area contributed by atoms with E-state index in [9.17, 15) is 9.59 Å². The first-order valence-electron chi connectivity index (χ1n) is 8.38. The van der Waals surface area contributed by atoms with Crippen LogP contribution in [0.1, 0.15) is 16.1 Å². The van der Waals surface area contributed by atoms with Crippen molar-refractivity contribution in [3.63, 3.8) is 0 Å². The number of rotatable bonds is 6. The molecule has 2 aromatic carbocycles. The van der Waals surface area contributed by atoms with Gasteiger partial charge in [0.25, 0.3) is 11.5 Å². The molecule has 0 saturated heterocycles. The van der Waals surface area contributed by atoms with E-state index in [0.29, 0.717) is 23.5 Å². The van der Waals surface area contributed by atoms with Gasteiger partial charge in [-0.2, -0.15) is 5.11 Å². The van der Waals surface area contributed by atoms with Gasteiger partial charge in [-0.15, -0.1) is 11.7 Å². The Labute approximate surface area is 156 Å². The van der Waals surface area contributed by atoms with Crippen molar-refractivity contribution < 1.29 is 4.79 Å². The lowest BCUT2D eigenvalue weighted by Gasteiger charge is -2.01. The number of aromatic amines is 1. The standard InChI is InChI=1S/C20H19N5O2/c1-3-13-21-19(26)15-9-11-16(12-10-15)22-23-18-14(2)24-25(20(18)27)17-7-5-4-6-8-17/h3-12,24H,1,13H2,2H3,(H,21,26). The number of hydrogen-bond donors (Lipinski definition) is 2. The minimum atomic E-state index is -0.275. The zero-order valence-corrected chi connectivity index (χ0v) is 14.8. The number of para-hydroxylation sites is 1. The first-order chi connectivity index (χ1) is 13.1. The van der Waals surface area contributed by atoms with Crippen LogP contribution in [0.15, 0.2) is 82.3 Å². The van der Waals surface area contributed by atoms with Gasteiger partial charge in [0.05, 0.1) is 17.1 Å². The maximum Gasteiger partial charge on any atom is 0.299 e. The molecule has 136 valence electrons. The fraction of sp³-hybridized carbons (Fsp3) is 0.100. The third-order valence-corrected chi connectivity index (χ3v) is 3.86. The normalized spacial score (nSPS) is 10.9. The lowest BCUT2D eigenvalue weighted by atomic mass is 10.2. The summed E-state index contributed by atoms with van der Waals surface area (Å²) in [5, 5.41) is 13.9. The monoisotopic (exact) mass is 361 g/mol. The molecule has 1 amide bonds. The van der Waals surface area contributed by atoms with Crippen LogP contribution in [0.3, 0.4) is 0 Å². The van der Waals surface area contributed by atoms with Gasteiger partial charge < -0.3 is 5.32 Å². The van der Waals surface area contributed by atoms with Gasteiger partial charge in [-0.25, -0.2) is 4.68 Å². The molecule has 0 fully saturated rings. The third kappa shape index (κ3) is 4.09. The summed E-state index contributed by atoms with van der Waals surface area (Å²) in [7, 11) is 0. The Morgan fingerprint density at radius 3 is 2.52 bits per heavy atom. The number of hydrogen-bond acceptors (Lipinski definition) is 4. The van der Waals surface area contributed by atoms with Gasteiger partial charge in [0.2, 0.25) is 0 Å². The van der Waals surface area contributed by atoms with Crippen LogP contribution in [-0.2, 0) is 0 Å². The molecule has 0 aliphatic carbocycles. The maximum absolute atomic E-state index is 12.6. The summed E-state index contributed by atoms with van der Waals surface area (Å²) in [5.74, 6) is -0.189. The van der Waals surface area contributed by atoms with Crippen molar-refractivity contribution >= 4 is 17.3 Å². The highest BCUT2D eigenvalue weighted by Gasteiger charge is 2.12. The van der Waals surface area contributed by atoms with Crippen LogP contribution in [0.2, 0.25) is 0 Å². The second kappa shape index (κ2) is 8.09. The summed E-state index contributed by atoms with van der Waals surface area (Å²) in [5.41, 5.74) is 2.37. The quantitative estimate of drug-likeness (QED) is 0.516. The second-order valence-electron chi connectivity index (χ2n) is 5.81. The van der Waals surface area contributed by atoms with E-state index in [1.165, 1.54) is 4.68 Å². The Morgan fingerprint density at radius 2 is 1.85 bits per heavy atom. The Kier molecular flexibility index (Phi) is 5.41. The van der Waals surface area contributed by atoms with Crippen LogP contribution < -0.4 is 10.9 Å². The van der Waals surface area contributed by atoms with Crippen LogP contribution in [-0.4, -0.2) is 22.2 Å². The molecule has 3 aromatic rings. The van der Waals surface area contributed by atoms with Gasteiger partial charge in [-0.05, 0) is 43.3 Å². The molecule has 7 heteroatoms. The van der Waals surface area contributed by atoms with E-state index in [0.717, 1.165) is 5.69 Å². The lowest BCUT2D eigenvalue weighted by Crippen LogP contribution is -2.22. The minimum Gasteiger partial charge on any atom is -0.349 e. The number of H-pyrrole nitrogens is 1. The predicted octanol–water partition coefficient (Wildman–Crippen LogP) is 3.81. The Bertz CT molecular complexity index is 1030. The number of nitrogens with one attached hydrogen (secondary N) is 2. The number of aromatic nitrogens is 2. The van der Waals surface area contributed by atoms with Gasteiger partial charge in [-0.1, -0.05) is 24.3 Å². The highest BCUT2D eigenvalue weighted by molar-refractivity contribution is 5.94. The van der Waals surface area contributed by atoms with E-state index in [2.05, 4.69) is 27.2 Å². The van der Waals surface area contributed by atoms with Gasteiger partial charge >= 0.3 is 0 Å². The fourth-order valence-corrected chi connectivity index (χ4v) is 2.47. The molecular formula is C20H19N5O2. The summed E-state index contributed by atoms with van der Waals surface area (Å²) in [6.07, 6.45) is 1.61. The van der Waals surface area contributed by atoms with Crippen molar-refractivity contribution in [2.45, 2.75) is 6.92 Å². The molecule has 0 spiro atoms. The molecule has 7 nitrogen and oxygen atoms in total. The Balaban J connectivity index is 1.80. The molecule has 27 heavy (non-hydrogen) atoms. The minimum absolute atomic E-state index is 0.189. The molecule has 0 bridgehead atoms. The summed E-state index contributed by atoms with van der Waals surface area (Å²) >= 11 is 0. The molecule has 2 N–H and O–H groups in total. The third-order valence-electron chi connectivity index (χ3n) is 3.86. The van der Waals surface area contributed by atoms with Crippen LogP contribution >= 0.6 is 0 Å². The average molecular weight is 361 g/mol. The molecule has 1 aromatic heterocycles. The smallest absolute Gasteiger partial charge is 0.299 e. The van der Waals surface area contributed by atoms with Crippen molar-refractivity contribution in [2.75, 3.05) is 6.54 Å². The van der Waals surface area contributed by atoms with Gasteiger partial charge in [-0.3, -0.25) is 14.7 Å². The van der Waals surface area contributed by atoms with E-state index in [-0.39, 0.29) is 17.2 Å². The number of benzene rings is 2. The number of carbonyl (C=O) groups excluding carboxylic acids is 1. The largest absolute Gasteiger partial charge is 0.349 e. The number of nitrogens with zero attached hydrogens (tertiary/aromatic N) is 3. The summed E-state index contributed by atoms with van der Waals surface area (Å²) in [6, 6.07) is 15.9. The molecule has 0 aliphatic heterocycles. The zero-order valence-electron chi connectivity index (χ0n) is 14.8. The average Bonchev–Trinajstić information content (AvgIpc) is 2.99. The molecular weight excluding hydrogens is 342 g/mol. The van der Waals surface area contributed by atoms with Crippen LogP contribution in [0.4, 0.5) is 11.4 Å². The van der Waals surface area contributed by atoms with E-state index >= 15 is 0 Å². The zero-order chi connectivity index (χ0) is 19.2. The van der Waals surface area contributed by atoms with Crippen molar-refractivity contribution in [1.29, 1.82) is 0 Å². The van der Waals surface area contributed by atoms with Crippen molar-refractivity contribution in [1.82, 2.24) is 15.1 Å². The molecule has 3 rings (SSSR count). The topological polar surface area (TPSA) is 91.6 Å². The van der Waals surface area contributed by atoms with E-state index < -0.39 is 0 Å². The van der Waals surface area contributed by atoms with Crippen LogP contribution in [0, 0.1) is 6.92 Å². The highest BCUT2D eigenvalue weighted by atomic mass is 16.1. The number of amides is 1. The molecule has 1 heterocycles. The summed E-state index contributed by atoms with van der Waals surface area (Å²) < 4.78 is 1.43. The van der Waals surface area contributed by atoms with Gasteiger partial charge in [0, 0.05) is 12.1 Å². The van der Waals surface area contributed by atoms with Crippen molar-refractivity contribution in [3.8, 4) is 5.69 Å². The first kappa shape index (κ1) is 18.1.